The number of anilines is 1. The molecule has 3 N–H and O–H groups in total. The molecular formula is C15H16N2NaO3S+. The van der Waals surface area contributed by atoms with Crippen molar-refractivity contribution in [2.24, 2.45) is 0 Å². The average Bonchev–Trinajstić information content (AvgIpc) is 2.41. The first-order chi connectivity index (χ1) is 9.79. The first kappa shape index (κ1) is 18.7. The zero-order valence-electron chi connectivity index (χ0n) is 12.8. The molecular weight excluding hydrogens is 311 g/mol. The topological polar surface area (TPSA) is 89.3 Å². The third-order valence-corrected chi connectivity index (χ3v) is 4.53. The molecule has 0 bridgehead atoms. The van der Waals surface area contributed by atoms with Crippen LogP contribution in [0.3, 0.4) is 0 Å². The van der Waals surface area contributed by atoms with Gasteiger partial charge in [0, 0.05) is 11.3 Å². The number of nitrogen functional groups attached to an aromatic ring is 1. The van der Waals surface area contributed by atoms with Crippen LogP contribution in [0.5, 0.6) is 0 Å². The Bertz CT molecular complexity index is 787. The first-order valence-electron chi connectivity index (χ1n) is 6.29. The molecule has 0 saturated carbocycles. The van der Waals surface area contributed by atoms with Gasteiger partial charge in [-0.2, -0.15) is 0 Å². The zero-order chi connectivity index (χ0) is 15.6. The Hall–Kier alpha value is -1.34. The Morgan fingerprint density at radius 3 is 2.14 bits per heavy atom. The number of benzene rings is 2. The number of aryl methyl sites for hydroxylation is 2. The molecule has 110 valence electrons. The van der Waals surface area contributed by atoms with Crippen molar-refractivity contribution in [3.05, 3.63) is 59.2 Å². The number of nitrogens with one attached hydrogen (secondary N) is 1. The second-order valence-electron chi connectivity index (χ2n) is 4.80. The molecule has 0 heterocycles. The predicted molar refractivity (Wildman–Crippen MR) is 81.4 cm³/mol. The molecule has 0 radical (unpaired) electrons. The van der Waals surface area contributed by atoms with Gasteiger partial charge < -0.3 is 5.73 Å². The maximum atomic E-state index is 12.1. The van der Waals surface area contributed by atoms with Gasteiger partial charge in [-0.25, -0.2) is 13.1 Å². The van der Waals surface area contributed by atoms with Gasteiger partial charge in [-0.1, -0.05) is 6.07 Å². The third-order valence-electron chi connectivity index (χ3n) is 3.19. The summed E-state index contributed by atoms with van der Waals surface area (Å²) in [7, 11) is -3.90. The van der Waals surface area contributed by atoms with E-state index in [1.54, 1.807) is 18.2 Å². The maximum absolute atomic E-state index is 12.1. The zero-order valence-corrected chi connectivity index (χ0v) is 15.6. The second kappa shape index (κ2) is 7.28. The summed E-state index contributed by atoms with van der Waals surface area (Å²) >= 11 is 0. The van der Waals surface area contributed by atoms with Crippen LogP contribution >= 0.6 is 0 Å². The van der Waals surface area contributed by atoms with E-state index in [0.29, 0.717) is 11.3 Å². The van der Waals surface area contributed by atoms with Crippen LogP contribution in [0.15, 0.2) is 47.4 Å². The Morgan fingerprint density at radius 1 is 1.00 bits per heavy atom. The quantitative estimate of drug-likeness (QED) is 0.559. The minimum Gasteiger partial charge on any atom is -0.399 e. The molecule has 0 aliphatic rings. The van der Waals surface area contributed by atoms with Gasteiger partial charge in [0.15, 0.2) is 0 Å². The van der Waals surface area contributed by atoms with Crippen molar-refractivity contribution in [3.8, 4) is 0 Å². The van der Waals surface area contributed by atoms with E-state index in [1.807, 2.05) is 18.6 Å². The molecule has 0 unspecified atom stereocenters. The Labute approximate surface area is 152 Å². The number of amides is 1. The van der Waals surface area contributed by atoms with E-state index < -0.39 is 15.9 Å². The molecule has 1 amide bonds. The van der Waals surface area contributed by atoms with Crippen molar-refractivity contribution in [1.82, 2.24) is 4.72 Å². The fraction of sp³-hybridized carbons (Fsp3) is 0.133. The van der Waals surface area contributed by atoms with Crippen molar-refractivity contribution >= 4 is 21.6 Å². The fourth-order valence-electron chi connectivity index (χ4n) is 1.77. The third kappa shape index (κ3) is 4.33. The molecule has 7 heteroatoms. The van der Waals surface area contributed by atoms with Crippen LogP contribution < -0.4 is 40.0 Å². The fourth-order valence-corrected chi connectivity index (χ4v) is 2.74. The molecule has 0 spiro atoms. The molecule has 22 heavy (non-hydrogen) atoms. The standard InChI is InChI=1S/C15H16N2O3S.Na/c1-10-3-4-12(9-11(10)2)15(18)17-21(19,20)14-7-5-13(16)6-8-14;/h3-9H,16H2,1-2H3,(H,17,18);/q;+1. The van der Waals surface area contributed by atoms with E-state index in [2.05, 4.69) is 0 Å². The van der Waals surface area contributed by atoms with Gasteiger partial charge in [-0.15, -0.1) is 0 Å². The van der Waals surface area contributed by atoms with Gasteiger partial charge in [0.1, 0.15) is 0 Å². The normalized spacial score (nSPS) is 10.6. The largest absolute Gasteiger partial charge is 1.00 e. The maximum Gasteiger partial charge on any atom is 1.00 e. The van der Waals surface area contributed by atoms with Gasteiger partial charge in [-0.05, 0) is 61.4 Å². The van der Waals surface area contributed by atoms with Crippen molar-refractivity contribution in [3.63, 3.8) is 0 Å². The van der Waals surface area contributed by atoms with Crippen LogP contribution in [-0.2, 0) is 10.0 Å². The monoisotopic (exact) mass is 327 g/mol. The minimum absolute atomic E-state index is 0. The molecule has 0 fully saturated rings. The van der Waals surface area contributed by atoms with E-state index >= 15 is 0 Å². The molecule has 0 atom stereocenters. The number of sulfonamides is 1. The Morgan fingerprint density at radius 2 is 1.59 bits per heavy atom. The summed E-state index contributed by atoms with van der Waals surface area (Å²) in [5.41, 5.74) is 8.23. The van der Waals surface area contributed by atoms with Crippen LogP contribution in [0.2, 0.25) is 0 Å². The molecule has 0 aliphatic carbocycles. The Balaban J connectivity index is 0.00000242. The van der Waals surface area contributed by atoms with Crippen LogP contribution in [-0.4, -0.2) is 14.3 Å². The summed E-state index contributed by atoms with van der Waals surface area (Å²) in [6.07, 6.45) is 0. The Kier molecular flexibility index (Phi) is 6.19. The van der Waals surface area contributed by atoms with Crippen molar-refractivity contribution in [2.75, 3.05) is 5.73 Å². The van der Waals surface area contributed by atoms with Crippen LogP contribution in [0.25, 0.3) is 0 Å². The van der Waals surface area contributed by atoms with E-state index in [9.17, 15) is 13.2 Å². The van der Waals surface area contributed by atoms with Crippen molar-refractivity contribution < 1.29 is 42.8 Å². The summed E-state index contributed by atoms with van der Waals surface area (Å²) < 4.78 is 26.3. The molecule has 2 aromatic carbocycles. The van der Waals surface area contributed by atoms with Gasteiger partial charge >= 0.3 is 29.6 Å². The number of hydrogen-bond acceptors (Lipinski definition) is 4. The van der Waals surface area contributed by atoms with Gasteiger partial charge in [-0.3, -0.25) is 4.79 Å². The smallest absolute Gasteiger partial charge is 0.399 e. The molecule has 0 aromatic heterocycles. The van der Waals surface area contributed by atoms with Crippen LogP contribution in [0.1, 0.15) is 21.5 Å². The molecule has 2 aromatic rings. The van der Waals surface area contributed by atoms with Gasteiger partial charge in [0.05, 0.1) is 4.90 Å². The average molecular weight is 327 g/mol. The predicted octanol–water partition coefficient (Wildman–Crippen LogP) is -0.992. The number of carbonyl (C=O) groups excluding carboxylic acids is 1. The number of nitrogens with two attached hydrogens (primary N) is 1. The SMILES string of the molecule is Cc1ccc(C(=O)NS(=O)(=O)c2ccc(N)cc2)cc1C.[Na+]. The minimum atomic E-state index is -3.90. The molecule has 5 nitrogen and oxygen atoms in total. The number of hydrogen-bond donors (Lipinski definition) is 2. The van der Waals surface area contributed by atoms with Crippen molar-refractivity contribution in [1.29, 1.82) is 0 Å². The summed E-state index contributed by atoms with van der Waals surface area (Å²) in [6, 6.07) is 10.7. The molecule has 0 saturated heterocycles. The van der Waals surface area contributed by atoms with Gasteiger partial charge in [0.25, 0.3) is 15.9 Å². The first-order valence-corrected chi connectivity index (χ1v) is 7.78. The number of rotatable bonds is 3. The van der Waals surface area contributed by atoms with Gasteiger partial charge in [0.2, 0.25) is 0 Å². The molecule has 0 aliphatic heterocycles. The second-order valence-corrected chi connectivity index (χ2v) is 6.49. The van der Waals surface area contributed by atoms with E-state index in [-0.39, 0.29) is 34.5 Å². The van der Waals surface area contributed by atoms with Crippen molar-refractivity contribution in [2.45, 2.75) is 18.7 Å². The summed E-state index contributed by atoms with van der Waals surface area (Å²) in [4.78, 5) is 12.0. The summed E-state index contributed by atoms with van der Waals surface area (Å²) in [6.45, 7) is 3.78. The molecule has 2 rings (SSSR count). The summed E-state index contributed by atoms with van der Waals surface area (Å²) in [5.74, 6) is -0.657. The number of carbonyl (C=O) groups is 1. The van der Waals surface area contributed by atoms with Crippen LogP contribution in [0.4, 0.5) is 5.69 Å². The van der Waals surface area contributed by atoms with E-state index in [1.165, 1.54) is 24.3 Å². The van der Waals surface area contributed by atoms with E-state index in [4.69, 9.17) is 5.73 Å². The summed E-state index contributed by atoms with van der Waals surface area (Å²) in [5, 5.41) is 0. The van der Waals surface area contributed by atoms with Crippen LogP contribution in [0, 0.1) is 13.8 Å². The van der Waals surface area contributed by atoms with E-state index in [0.717, 1.165) is 11.1 Å².